The molecule has 0 aromatic carbocycles. The summed E-state index contributed by atoms with van der Waals surface area (Å²) in [6, 6.07) is 0. The Morgan fingerprint density at radius 2 is 2.18 bits per heavy atom. The van der Waals surface area contributed by atoms with Crippen molar-refractivity contribution < 1.29 is 9.53 Å². The van der Waals surface area contributed by atoms with Crippen molar-refractivity contribution in [1.82, 2.24) is 10.6 Å². The van der Waals surface area contributed by atoms with Crippen LogP contribution in [0.15, 0.2) is 0 Å². The average Bonchev–Trinajstić information content (AvgIpc) is 2.76. The van der Waals surface area contributed by atoms with E-state index in [2.05, 4.69) is 17.6 Å². The summed E-state index contributed by atoms with van der Waals surface area (Å²) in [4.78, 5) is 11.9. The van der Waals surface area contributed by atoms with Crippen molar-refractivity contribution >= 4 is 5.91 Å². The first kappa shape index (κ1) is 14.5. The summed E-state index contributed by atoms with van der Waals surface area (Å²) < 4.78 is 5.44. The molecule has 0 radical (unpaired) electrons. The SMILES string of the molecule is CCCCOCCCNC(=O)C1(C)CCNC1. The highest BCUT2D eigenvalue weighted by Crippen LogP contribution is 2.24. The minimum absolute atomic E-state index is 0.177. The van der Waals surface area contributed by atoms with E-state index in [1.807, 2.05) is 6.92 Å². The number of carbonyl (C=O) groups excluding carboxylic acids is 1. The van der Waals surface area contributed by atoms with E-state index in [0.717, 1.165) is 52.1 Å². The van der Waals surface area contributed by atoms with Crippen LogP contribution in [0.2, 0.25) is 0 Å². The lowest BCUT2D eigenvalue weighted by Crippen LogP contribution is -2.40. The molecular weight excluding hydrogens is 216 g/mol. The molecule has 0 aromatic rings. The fourth-order valence-electron chi connectivity index (χ4n) is 1.95. The maximum absolute atomic E-state index is 11.9. The predicted octanol–water partition coefficient (Wildman–Crippen LogP) is 1.31. The van der Waals surface area contributed by atoms with E-state index in [9.17, 15) is 4.79 Å². The fourth-order valence-corrected chi connectivity index (χ4v) is 1.95. The van der Waals surface area contributed by atoms with Gasteiger partial charge in [-0.15, -0.1) is 0 Å². The first-order valence-corrected chi connectivity index (χ1v) is 6.76. The summed E-state index contributed by atoms with van der Waals surface area (Å²) in [5.74, 6) is 0.177. The van der Waals surface area contributed by atoms with Crippen molar-refractivity contribution in [3.05, 3.63) is 0 Å². The van der Waals surface area contributed by atoms with E-state index >= 15 is 0 Å². The van der Waals surface area contributed by atoms with Crippen molar-refractivity contribution in [3.63, 3.8) is 0 Å². The van der Waals surface area contributed by atoms with Crippen LogP contribution in [0.4, 0.5) is 0 Å². The van der Waals surface area contributed by atoms with E-state index < -0.39 is 0 Å². The summed E-state index contributed by atoms with van der Waals surface area (Å²) in [5, 5.41) is 6.23. The third-order valence-corrected chi connectivity index (χ3v) is 3.31. The number of amides is 1. The van der Waals surface area contributed by atoms with Crippen LogP contribution in [-0.4, -0.2) is 38.8 Å². The normalized spacial score (nSPS) is 23.9. The highest BCUT2D eigenvalue weighted by molar-refractivity contribution is 5.82. The number of ether oxygens (including phenoxy) is 1. The zero-order chi connectivity index (χ0) is 12.6. The van der Waals surface area contributed by atoms with Crippen LogP contribution >= 0.6 is 0 Å². The number of carbonyl (C=O) groups is 1. The lowest BCUT2D eigenvalue weighted by molar-refractivity contribution is -0.129. The van der Waals surface area contributed by atoms with Crippen LogP contribution < -0.4 is 10.6 Å². The molecule has 4 heteroatoms. The van der Waals surface area contributed by atoms with Gasteiger partial charge >= 0.3 is 0 Å². The van der Waals surface area contributed by atoms with Gasteiger partial charge in [-0.2, -0.15) is 0 Å². The zero-order valence-corrected chi connectivity index (χ0v) is 11.2. The van der Waals surface area contributed by atoms with Gasteiger partial charge in [0.25, 0.3) is 0 Å². The average molecular weight is 242 g/mol. The lowest BCUT2D eigenvalue weighted by atomic mass is 9.89. The van der Waals surface area contributed by atoms with Gasteiger partial charge in [0.1, 0.15) is 0 Å². The molecule has 0 saturated carbocycles. The van der Waals surface area contributed by atoms with Gasteiger partial charge < -0.3 is 15.4 Å². The van der Waals surface area contributed by atoms with Crippen LogP contribution in [0.3, 0.4) is 0 Å². The molecule has 1 aliphatic rings. The van der Waals surface area contributed by atoms with E-state index in [1.54, 1.807) is 0 Å². The molecule has 2 N–H and O–H groups in total. The first-order chi connectivity index (χ1) is 8.19. The van der Waals surface area contributed by atoms with Crippen LogP contribution in [-0.2, 0) is 9.53 Å². The Balaban J connectivity index is 2.00. The van der Waals surface area contributed by atoms with Gasteiger partial charge in [0.2, 0.25) is 5.91 Å². The summed E-state index contributed by atoms with van der Waals surface area (Å²) in [6.07, 6.45) is 4.13. The molecule has 1 atom stereocenters. The first-order valence-electron chi connectivity index (χ1n) is 6.76. The van der Waals surface area contributed by atoms with Crippen molar-refractivity contribution in [2.75, 3.05) is 32.8 Å². The molecule has 1 fully saturated rings. The summed E-state index contributed by atoms with van der Waals surface area (Å²) in [6.45, 7) is 8.23. The highest BCUT2D eigenvalue weighted by Gasteiger charge is 2.35. The van der Waals surface area contributed by atoms with E-state index in [4.69, 9.17) is 4.74 Å². The van der Waals surface area contributed by atoms with Crippen LogP contribution in [0.5, 0.6) is 0 Å². The Hall–Kier alpha value is -0.610. The molecule has 1 heterocycles. The minimum Gasteiger partial charge on any atom is -0.381 e. The zero-order valence-electron chi connectivity index (χ0n) is 11.2. The monoisotopic (exact) mass is 242 g/mol. The molecule has 4 nitrogen and oxygen atoms in total. The lowest BCUT2D eigenvalue weighted by Gasteiger charge is -2.21. The summed E-state index contributed by atoms with van der Waals surface area (Å²) in [5.41, 5.74) is -0.205. The molecule has 17 heavy (non-hydrogen) atoms. The standard InChI is InChI=1S/C13H26N2O2/c1-3-4-9-17-10-5-7-15-12(16)13(2)6-8-14-11-13/h14H,3-11H2,1-2H3,(H,15,16). The second kappa shape index (κ2) is 7.67. The minimum atomic E-state index is -0.205. The largest absolute Gasteiger partial charge is 0.381 e. The molecule has 0 bridgehead atoms. The van der Waals surface area contributed by atoms with Crippen LogP contribution in [0.1, 0.15) is 39.5 Å². The molecular formula is C13H26N2O2. The number of rotatable bonds is 8. The Labute approximate surface area is 104 Å². The molecule has 0 aliphatic carbocycles. The van der Waals surface area contributed by atoms with Crippen molar-refractivity contribution in [2.24, 2.45) is 5.41 Å². The topological polar surface area (TPSA) is 50.4 Å². The quantitative estimate of drug-likeness (QED) is 0.631. The molecule has 100 valence electrons. The predicted molar refractivity (Wildman–Crippen MR) is 68.9 cm³/mol. The van der Waals surface area contributed by atoms with Crippen molar-refractivity contribution in [3.8, 4) is 0 Å². The molecule has 1 amide bonds. The highest BCUT2D eigenvalue weighted by atomic mass is 16.5. The van der Waals surface area contributed by atoms with E-state index in [1.165, 1.54) is 6.42 Å². The molecule has 1 unspecified atom stereocenters. The molecule has 1 saturated heterocycles. The molecule has 0 aromatic heterocycles. The fraction of sp³-hybridized carbons (Fsp3) is 0.923. The van der Waals surface area contributed by atoms with Gasteiger partial charge in [0.15, 0.2) is 0 Å². The summed E-state index contributed by atoms with van der Waals surface area (Å²) in [7, 11) is 0. The Morgan fingerprint density at radius 1 is 1.41 bits per heavy atom. The van der Waals surface area contributed by atoms with Gasteiger partial charge in [-0.05, 0) is 32.7 Å². The summed E-state index contributed by atoms with van der Waals surface area (Å²) >= 11 is 0. The van der Waals surface area contributed by atoms with E-state index in [-0.39, 0.29) is 11.3 Å². The second-order valence-corrected chi connectivity index (χ2v) is 5.06. The van der Waals surface area contributed by atoms with Crippen LogP contribution in [0.25, 0.3) is 0 Å². The Bertz CT molecular complexity index is 225. The van der Waals surface area contributed by atoms with Gasteiger partial charge in [-0.1, -0.05) is 13.3 Å². The van der Waals surface area contributed by atoms with Gasteiger partial charge in [0, 0.05) is 26.3 Å². The number of hydrogen-bond acceptors (Lipinski definition) is 3. The molecule has 1 rings (SSSR count). The number of nitrogens with one attached hydrogen (secondary N) is 2. The van der Waals surface area contributed by atoms with Gasteiger partial charge in [-0.25, -0.2) is 0 Å². The number of hydrogen-bond donors (Lipinski definition) is 2. The van der Waals surface area contributed by atoms with Gasteiger partial charge in [0.05, 0.1) is 5.41 Å². The number of unbranched alkanes of at least 4 members (excludes halogenated alkanes) is 1. The Morgan fingerprint density at radius 3 is 2.82 bits per heavy atom. The van der Waals surface area contributed by atoms with E-state index in [0.29, 0.717) is 0 Å². The van der Waals surface area contributed by atoms with Crippen LogP contribution in [0, 0.1) is 5.41 Å². The Kier molecular flexibility index (Phi) is 6.52. The van der Waals surface area contributed by atoms with Gasteiger partial charge in [-0.3, -0.25) is 4.79 Å². The van der Waals surface area contributed by atoms with Crippen molar-refractivity contribution in [1.29, 1.82) is 0 Å². The van der Waals surface area contributed by atoms with Crippen molar-refractivity contribution in [2.45, 2.75) is 39.5 Å². The second-order valence-electron chi connectivity index (χ2n) is 5.06. The maximum atomic E-state index is 11.9. The maximum Gasteiger partial charge on any atom is 0.227 e. The third-order valence-electron chi connectivity index (χ3n) is 3.31. The third kappa shape index (κ3) is 5.04. The molecule has 0 spiro atoms. The smallest absolute Gasteiger partial charge is 0.227 e. The molecule has 1 aliphatic heterocycles.